The highest BCUT2D eigenvalue weighted by Gasteiger charge is 2.31. The summed E-state index contributed by atoms with van der Waals surface area (Å²) >= 11 is 0. The summed E-state index contributed by atoms with van der Waals surface area (Å²) in [5.74, 6) is 1.36. The van der Waals surface area contributed by atoms with Crippen LogP contribution in [0.4, 0.5) is 5.69 Å². The number of hydrogen-bond acceptors (Lipinski definition) is 6. The van der Waals surface area contributed by atoms with Gasteiger partial charge in [0.05, 0.1) is 37.6 Å². The van der Waals surface area contributed by atoms with Crippen LogP contribution in [0, 0.1) is 0 Å². The van der Waals surface area contributed by atoms with Crippen LogP contribution in [0.1, 0.15) is 18.0 Å². The Morgan fingerprint density at radius 3 is 2.82 bits per heavy atom. The Balaban J connectivity index is 1.46. The molecule has 146 valence electrons. The molecule has 1 saturated heterocycles. The van der Waals surface area contributed by atoms with Crippen molar-refractivity contribution in [2.45, 2.75) is 18.5 Å². The molecule has 0 radical (unpaired) electrons. The minimum absolute atomic E-state index is 0.0452. The minimum Gasteiger partial charge on any atom is -0.497 e. The van der Waals surface area contributed by atoms with Gasteiger partial charge in [0.15, 0.2) is 0 Å². The molecule has 0 bridgehead atoms. The molecule has 8 heteroatoms. The predicted octanol–water partition coefficient (Wildman–Crippen LogP) is 2.14. The molecule has 28 heavy (non-hydrogen) atoms. The van der Waals surface area contributed by atoms with Crippen LogP contribution in [-0.2, 0) is 11.8 Å². The highest BCUT2D eigenvalue weighted by atomic mass is 16.5. The van der Waals surface area contributed by atoms with Crippen LogP contribution in [-0.4, -0.2) is 35.7 Å². The Bertz CT molecular complexity index is 1020. The Kier molecular flexibility index (Phi) is 4.89. The molecule has 4 rings (SSSR count). The molecule has 1 aliphatic rings. The van der Waals surface area contributed by atoms with Gasteiger partial charge in [-0.1, -0.05) is 6.07 Å². The Morgan fingerprint density at radius 2 is 2.04 bits per heavy atom. The van der Waals surface area contributed by atoms with Crippen molar-refractivity contribution in [2.24, 2.45) is 7.05 Å². The molecule has 1 aliphatic heterocycles. The molecular formula is C20H23N5O3. The summed E-state index contributed by atoms with van der Waals surface area (Å²) in [6, 6.07) is 11.0. The van der Waals surface area contributed by atoms with Crippen molar-refractivity contribution in [3.8, 4) is 11.5 Å². The van der Waals surface area contributed by atoms with E-state index in [1.54, 1.807) is 20.5 Å². The number of aryl methyl sites for hydroxylation is 1. The van der Waals surface area contributed by atoms with E-state index in [4.69, 9.17) is 9.47 Å². The lowest BCUT2D eigenvalue weighted by molar-refractivity contribution is -0.117. The van der Waals surface area contributed by atoms with Crippen molar-refractivity contribution >= 4 is 22.6 Å². The predicted molar refractivity (Wildman–Crippen MR) is 106 cm³/mol. The summed E-state index contributed by atoms with van der Waals surface area (Å²) in [6.45, 7) is 0. The van der Waals surface area contributed by atoms with Crippen molar-refractivity contribution in [1.82, 2.24) is 20.4 Å². The molecule has 2 atom stereocenters. The van der Waals surface area contributed by atoms with Gasteiger partial charge in [0.2, 0.25) is 5.91 Å². The second-order valence-electron chi connectivity index (χ2n) is 6.79. The number of ether oxygens (including phenoxy) is 2. The standard InChI is InChI=1S/C20H23N5O3/c1-25-11-21-15-7-4-12(8-18(15)25)22-20(26)17-10-16(23-24-17)14-6-5-13(27-2)9-19(14)28-3/h4-9,11,16-17,23-24H,10H2,1-3H3,(H,22,26). The number of nitrogens with one attached hydrogen (secondary N) is 3. The van der Waals surface area contributed by atoms with E-state index < -0.39 is 0 Å². The highest BCUT2D eigenvalue weighted by Crippen LogP contribution is 2.33. The topological polar surface area (TPSA) is 89.4 Å². The number of methoxy groups -OCH3 is 2. The van der Waals surface area contributed by atoms with E-state index >= 15 is 0 Å². The van der Waals surface area contributed by atoms with E-state index in [9.17, 15) is 4.79 Å². The van der Waals surface area contributed by atoms with Crippen LogP contribution in [0.5, 0.6) is 11.5 Å². The summed E-state index contributed by atoms with van der Waals surface area (Å²) in [7, 11) is 5.17. The third kappa shape index (κ3) is 3.39. The smallest absolute Gasteiger partial charge is 0.242 e. The lowest BCUT2D eigenvalue weighted by atomic mass is 10.0. The molecule has 3 aromatic rings. The zero-order valence-corrected chi connectivity index (χ0v) is 16.0. The number of rotatable bonds is 5. The van der Waals surface area contributed by atoms with Crippen molar-refractivity contribution in [3.63, 3.8) is 0 Å². The number of carbonyl (C=O) groups is 1. The fraction of sp³-hybridized carbons (Fsp3) is 0.300. The van der Waals surface area contributed by atoms with Crippen molar-refractivity contribution in [2.75, 3.05) is 19.5 Å². The lowest BCUT2D eigenvalue weighted by Crippen LogP contribution is -2.39. The van der Waals surface area contributed by atoms with Gasteiger partial charge >= 0.3 is 0 Å². The number of nitrogens with zero attached hydrogens (tertiary/aromatic N) is 2. The van der Waals surface area contributed by atoms with Crippen LogP contribution in [0.15, 0.2) is 42.7 Å². The highest BCUT2D eigenvalue weighted by molar-refractivity contribution is 5.96. The summed E-state index contributed by atoms with van der Waals surface area (Å²) in [6.07, 6.45) is 2.36. The van der Waals surface area contributed by atoms with Gasteiger partial charge in [-0.15, -0.1) is 0 Å². The van der Waals surface area contributed by atoms with Gasteiger partial charge in [-0.3, -0.25) is 4.79 Å². The van der Waals surface area contributed by atoms with E-state index in [0.29, 0.717) is 6.42 Å². The first kappa shape index (κ1) is 18.3. The lowest BCUT2D eigenvalue weighted by Gasteiger charge is -2.15. The van der Waals surface area contributed by atoms with E-state index in [0.717, 1.165) is 33.8 Å². The number of hydrazine groups is 1. The fourth-order valence-electron chi connectivity index (χ4n) is 3.47. The number of benzene rings is 2. The molecule has 2 aromatic carbocycles. The molecular weight excluding hydrogens is 358 g/mol. The van der Waals surface area contributed by atoms with Crippen LogP contribution in [0.3, 0.4) is 0 Å². The van der Waals surface area contributed by atoms with Gasteiger partial charge in [-0.2, -0.15) is 0 Å². The molecule has 0 saturated carbocycles. The summed E-state index contributed by atoms with van der Waals surface area (Å²) < 4.78 is 12.6. The van der Waals surface area contributed by atoms with Gasteiger partial charge in [0.1, 0.15) is 17.5 Å². The van der Waals surface area contributed by atoms with Gasteiger partial charge in [0, 0.05) is 24.4 Å². The quantitative estimate of drug-likeness (QED) is 0.627. The monoisotopic (exact) mass is 381 g/mol. The number of hydrogen-bond donors (Lipinski definition) is 3. The first-order valence-corrected chi connectivity index (χ1v) is 9.04. The van der Waals surface area contributed by atoms with Gasteiger partial charge in [-0.25, -0.2) is 15.8 Å². The maximum Gasteiger partial charge on any atom is 0.242 e. The number of amides is 1. The zero-order chi connectivity index (χ0) is 19.7. The Morgan fingerprint density at radius 1 is 1.18 bits per heavy atom. The van der Waals surface area contributed by atoms with Gasteiger partial charge in [0.25, 0.3) is 0 Å². The fourth-order valence-corrected chi connectivity index (χ4v) is 3.47. The molecule has 3 N–H and O–H groups in total. The Hall–Kier alpha value is -3.10. The SMILES string of the molecule is COc1ccc(C2CC(C(=O)Nc3ccc4ncn(C)c4c3)NN2)c(OC)c1. The number of anilines is 1. The van der Waals surface area contributed by atoms with Gasteiger partial charge in [-0.05, 0) is 30.7 Å². The van der Waals surface area contributed by atoms with Crippen LogP contribution in [0.2, 0.25) is 0 Å². The molecule has 1 aromatic heterocycles. The number of fused-ring (bicyclic) bond motifs is 1. The molecule has 0 aliphatic carbocycles. The third-order valence-corrected chi connectivity index (χ3v) is 5.03. The molecule has 1 fully saturated rings. The molecule has 2 unspecified atom stereocenters. The maximum atomic E-state index is 12.7. The second kappa shape index (κ2) is 7.49. The largest absolute Gasteiger partial charge is 0.497 e. The van der Waals surface area contributed by atoms with E-state index in [1.165, 1.54) is 0 Å². The Labute approximate surface area is 162 Å². The second-order valence-corrected chi connectivity index (χ2v) is 6.79. The molecule has 1 amide bonds. The van der Waals surface area contributed by atoms with E-state index in [2.05, 4.69) is 21.2 Å². The number of carbonyl (C=O) groups excluding carboxylic acids is 1. The average molecular weight is 381 g/mol. The summed E-state index contributed by atoms with van der Waals surface area (Å²) in [5, 5.41) is 2.98. The van der Waals surface area contributed by atoms with Crippen LogP contribution in [0.25, 0.3) is 11.0 Å². The molecule has 8 nitrogen and oxygen atoms in total. The van der Waals surface area contributed by atoms with Crippen LogP contribution >= 0.6 is 0 Å². The first-order chi connectivity index (χ1) is 13.6. The van der Waals surface area contributed by atoms with E-state index in [-0.39, 0.29) is 18.0 Å². The minimum atomic E-state index is -0.362. The first-order valence-electron chi connectivity index (χ1n) is 9.04. The van der Waals surface area contributed by atoms with Crippen molar-refractivity contribution < 1.29 is 14.3 Å². The summed E-state index contributed by atoms with van der Waals surface area (Å²) in [4.78, 5) is 17.0. The normalized spacial score (nSPS) is 19.0. The van der Waals surface area contributed by atoms with Crippen molar-refractivity contribution in [1.29, 1.82) is 0 Å². The van der Waals surface area contributed by atoms with Gasteiger partial charge < -0.3 is 19.4 Å². The molecule has 0 spiro atoms. The van der Waals surface area contributed by atoms with E-state index in [1.807, 2.05) is 48.0 Å². The number of aromatic nitrogens is 2. The maximum absolute atomic E-state index is 12.7. The number of imidazole rings is 1. The molecule has 2 heterocycles. The third-order valence-electron chi connectivity index (χ3n) is 5.03. The summed E-state index contributed by atoms with van der Waals surface area (Å²) in [5.41, 5.74) is 9.86. The average Bonchev–Trinajstić information content (AvgIpc) is 3.35. The zero-order valence-electron chi connectivity index (χ0n) is 16.0. The van der Waals surface area contributed by atoms with Crippen molar-refractivity contribution in [3.05, 3.63) is 48.3 Å². The van der Waals surface area contributed by atoms with Crippen LogP contribution < -0.4 is 25.6 Å².